The van der Waals surface area contributed by atoms with E-state index >= 15 is 0 Å². The maximum atomic E-state index is 5.63. The van der Waals surface area contributed by atoms with Crippen LogP contribution in [0.3, 0.4) is 0 Å². The normalized spacial score (nSPS) is 21.9. The first-order valence-electron chi connectivity index (χ1n) is 5.91. The van der Waals surface area contributed by atoms with E-state index in [-0.39, 0.29) is 11.5 Å². The number of aromatic nitrogens is 2. The standard InChI is InChI=1S/C11H20N4OS/c1-11(2,3)9-13-10(17-14-9)15-4-5-16-8(6-12)7-15/h8H,4-7,12H2,1-3H3. The Labute approximate surface area is 106 Å². The lowest BCUT2D eigenvalue weighted by Gasteiger charge is -2.31. The molecule has 0 bridgehead atoms. The number of hydrogen-bond donors (Lipinski definition) is 1. The Morgan fingerprint density at radius 1 is 1.53 bits per heavy atom. The van der Waals surface area contributed by atoms with Crippen LogP contribution in [0.5, 0.6) is 0 Å². The first-order chi connectivity index (χ1) is 8.00. The van der Waals surface area contributed by atoms with Gasteiger partial charge in [0.2, 0.25) is 5.13 Å². The molecule has 0 spiro atoms. The third-order valence-corrected chi connectivity index (χ3v) is 3.54. The van der Waals surface area contributed by atoms with Gasteiger partial charge in [-0.1, -0.05) is 20.8 Å². The molecule has 1 unspecified atom stereocenters. The third kappa shape index (κ3) is 2.94. The molecule has 2 N–H and O–H groups in total. The lowest BCUT2D eigenvalue weighted by atomic mass is 9.96. The maximum Gasteiger partial charge on any atom is 0.205 e. The first-order valence-corrected chi connectivity index (χ1v) is 6.69. The second kappa shape index (κ2) is 4.88. The fourth-order valence-electron chi connectivity index (χ4n) is 1.68. The molecule has 2 heterocycles. The second-order valence-electron chi connectivity index (χ2n) is 5.33. The van der Waals surface area contributed by atoms with Gasteiger partial charge in [-0.05, 0) is 0 Å². The van der Waals surface area contributed by atoms with Crippen molar-refractivity contribution < 1.29 is 4.74 Å². The van der Waals surface area contributed by atoms with Crippen molar-refractivity contribution in [2.24, 2.45) is 5.73 Å². The molecule has 1 saturated heterocycles. The molecule has 96 valence electrons. The van der Waals surface area contributed by atoms with E-state index < -0.39 is 0 Å². The van der Waals surface area contributed by atoms with Crippen molar-refractivity contribution in [3.05, 3.63) is 5.82 Å². The molecule has 1 aromatic rings. The number of nitrogens with zero attached hydrogens (tertiary/aromatic N) is 3. The minimum atomic E-state index is 0.00824. The van der Waals surface area contributed by atoms with Crippen LogP contribution < -0.4 is 10.6 Å². The minimum Gasteiger partial charge on any atom is -0.373 e. The average molecular weight is 256 g/mol. The van der Waals surface area contributed by atoms with Crippen LogP contribution in [0.4, 0.5) is 5.13 Å². The van der Waals surface area contributed by atoms with E-state index in [0.717, 1.165) is 24.0 Å². The van der Waals surface area contributed by atoms with Crippen molar-refractivity contribution in [2.45, 2.75) is 32.3 Å². The monoisotopic (exact) mass is 256 g/mol. The van der Waals surface area contributed by atoms with E-state index in [1.54, 1.807) is 0 Å². The van der Waals surface area contributed by atoms with Gasteiger partial charge in [0.05, 0.1) is 12.7 Å². The van der Waals surface area contributed by atoms with Gasteiger partial charge in [0.1, 0.15) is 5.82 Å². The Kier molecular flexibility index (Phi) is 3.65. The van der Waals surface area contributed by atoms with Crippen LogP contribution in [-0.2, 0) is 10.2 Å². The Bertz CT molecular complexity index is 374. The minimum absolute atomic E-state index is 0.00824. The summed E-state index contributed by atoms with van der Waals surface area (Å²) in [7, 11) is 0. The van der Waals surface area contributed by atoms with Crippen LogP contribution in [-0.4, -0.2) is 41.7 Å². The van der Waals surface area contributed by atoms with Crippen molar-refractivity contribution in [1.82, 2.24) is 9.36 Å². The summed E-state index contributed by atoms with van der Waals surface area (Å²) in [6.45, 7) is 9.33. The van der Waals surface area contributed by atoms with Gasteiger partial charge in [0.25, 0.3) is 0 Å². The summed E-state index contributed by atoms with van der Waals surface area (Å²) in [4.78, 5) is 6.83. The molecule has 0 aliphatic carbocycles. The highest BCUT2D eigenvalue weighted by atomic mass is 32.1. The zero-order chi connectivity index (χ0) is 12.5. The van der Waals surface area contributed by atoms with E-state index in [2.05, 4.69) is 35.0 Å². The highest BCUT2D eigenvalue weighted by Crippen LogP contribution is 2.26. The molecule has 0 aromatic carbocycles. The number of rotatable bonds is 2. The van der Waals surface area contributed by atoms with Crippen LogP contribution in [0.1, 0.15) is 26.6 Å². The van der Waals surface area contributed by atoms with Crippen molar-refractivity contribution >= 4 is 16.7 Å². The Hall–Kier alpha value is -0.720. The van der Waals surface area contributed by atoms with E-state index in [0.29, 0.717) is 13.2 Å². The Morgan fingerprint density at radius 3 is 2.88 bits per heavy atom. The summed E-state index contributed by atoms with van der Waals surface area (Å²) in [6.07, 6.45) is 0.116. The summed E-state index contributed by atoms with van der Waals surface area (Å²) in [5, 5.41) is 0.983. The van der Waals surface area contributed by atoms with Crippen LogP contribution >= 0.6 is 11.5 Å². The van der Waals surface area contributed by atoms with Gasteiger partial charge in [-0.2, -0.15) is 4.37 Å². The summed E-state index contributed by atoms with van der Waals surface area (Å²) in [6, 6.07) is 0. The van der Waals surface area contributed by atoms with Gasteiger partial charge in [-0.15, -0.1) is 0 Å². The zero-order valence-electron chi connectivity index (χ0n) is 10.6. The van der Waals surface area contributed by atoms with E-state index in [1.807, 2.05) is 0 Å². The van der Waals surface area contributed by atoms with Crippen molar-refractivity contribution in [3.63, 3.8) is 0 Å². The number of hydrogen-bond acceptors (Lipinski definition) is 6. The largest absolute Gasteiger partial charge is 0.373 e. The number of morpholine rings is 1. The smallest absolute Gasteiger partial charge is 0.205 e. The fourth-order valence-corrected chi connectivity index (χ4v) is 2.58. The summed E-state index contributed by atoms with van der Waals surface area (Å²) in [5.74, 6) is 0.910. The van der Waals surface area contributed by atoms with E-state index in [9.17, 15) is 0 Å². The molecule has 0 amide bonds. The predicted octanol–water partition coefficient (Wildman–Crippen LogP) is 0.999. The van der Waals surface area contributed by atoms with Gasteiger partial charge in [-0.25, -0.2) is 4.98 Å². The topological polar surface area (TPSA) is 64.3 Å². The quantitative estimate of drug-likeness (QED) is 0.855. The van der Waals surface area contributed by atoms with Crippen LogP contribution in [0, 0.1) is 0 Å². The Morgan fingerprint density at radius 2 is 2.29 bits per heavy atom. The molecular weight excluding hydrogens is 236 g/mol. The van der Waals surface area contributed by atoms with Gasteiger partial charge in [0, 0.05) is 36.6 Å². The van der Waals surface area contributed by atoms with Gasteiger partial charge in [-0.3, -0.25) is 0 Å². The fraction of sp³-hybridized carbons (Fsp3) is 0.818. The first kappa shape index (κ1) is 12.7. The number of ether oxygens (including phenoxy) is 1. The molecule has 1 aromatic heterocycles. The van der Waals surface area contributed by atoms with Crippen LogP contribution in [0.15, 0.2) is 0 Å². The highest BCUT2D eigenvalue weighted by molar-refractivity contribution is 7.09. The second-order valence-corrected chi connectivity index (χ2v) is 6.06. The summed E-state index contributed by atoms with van der Waals surface area (Å²) >= 11 is 1.46. The lowest BCUT2D eigenvalue weighted by molar-refractivity contribution is 0.0465. The molecule has 5 nitrogen and oxygen atoms in total. The van der Waals surface area contributed by atoms with Crippen LogP contribution in [0.25, 0.3) is 0 Å². The molecule has 0 saturated carbocycles. The molecule has 17 heavy (non-hydrogen) atoms. The van der Waals surface area contributed by atoms with Gasteiger partial charge in [0.15, 0.2) is 0 Å². The Balaban J connectivity index is 2.09. The average Bonchev–Trinajstić information content (AvgIpc) is 2.78. The third-order valence-electron chi connectivity index (χ3n) is 2.76. The highest BCUT2D eigenvalue weighted by Gasteiger charge is 2.25. The van der Waals surface area contributed by atoms with Crippen molar-refractivity contribution in [2.75, 3.05) is 31.1 Å². The molecule has 0 radical (unpaired) electrons. The lowest BCUT2D eigenvalue weighted by Crippen LogP contribution is -2.45. The molecule has 2 rings (SSSR count). The summed E-state index contributed by atoms with van der Waals surface area (Å²) < 4.78 is 9.97. The molecule has 6 heteroatoms. The van der Waals surface area contributed by atoms with Crippen LogP contribution in [0.2, 0.25) is 0 Å². The van der Waals surface area contributed by atoms with Gasteiger partial charge < -0.3 is 15.4 Å². The molecule has 1 atom stereocenters. The molecular formula is C11H20N4OS. The molecule has 1 aliphatic heterocycles. The number of nitrogens with two attached hydrogens (primary N) is 1. The SMILES string of the molecule is CC(C)(C)c1nsc(N2CCOC(CN)C2)n1. The predicted molar refractivity (Wildman–Crippen MR) is 69.6 cm³/mol. The number of anilines is 1. The van der Waals surface area contributed by atoms with Gasteiger partial charge >= 0.3 is 0 Å². The van der Waals surface area contributed by atoms with Crippen molar-refractivity contribution in [3.8, 4) is 0 Å². The molecule has 1 fully saturated rings. The zero-order valence-corrected chi connectivity index (χ0v) is 11.5. The molecule has 1 aliphatic rings. The van der Waals surface area contributed by atoms with Crippen molar-refractivity contribution in [1.29, 1.82) is 0 Å². The van der Waals surface area contributed by atoms with E-state index in [1.165, 1.54) is 11.5 Å². The summed E-state index contributed by atoms with van der Waals surface area (Å²) in [5.41, 5.74) is 5.64. The maximum absolute atomic E-state index is 5.63. The van der Waals surface area contributed by atoms with E-state index in [4.69, 9.17) is 10.5 Å².